The maximum Gasteiger partial charge on any atom is 0.161 e. The van der Waals surface area contributed by atoms with Crippen LogP contribution in [0.15, 0.2) is 30.3 Å². The summed E-state index contributed by atoms with van der Waals surface area (Å²) in [5.41, 5.74) is 0.948. The molecule has 12 heavy (non-hydrogen) atoms. The molecule has 0 saturated heterocycles. The van der Waals surface area contributed by atoms with E-state index in [4.69, 9.17) is 17.3 Å². The van der Waals surface area contributed by atoms with Gasteiger partial charge in [0.25, 0.3) is 0 Å². The van der Waals surface area contributed by atoms with E-state index in [0.717, 1.165) is 5.56 Å². The van der Waals surface area contributed by atoms with Crippen LogP contribution in [-0.2, 0) is 0 Å². The molecule has 0 aliphatic carbocycles. The Labute approximate surface area is 82.0 Å². The summed E-state index contributed by atoms with van der Waals surface area (Å²) < 4.78 is 0. The molecule has 62 valence electrons. The Bertz CT molecular complexity index is 293. The van der Waals surface area contributed by atoms with Gasteiger partial charge in [-0.25, -0.2) is 0 Å². The second-order valence-corrected chi connectivity index (χ2v) is 3.32. The first-order valence-electron chi connectivity index (χ1n) is 3.50. The molecule has 0 radical (unpaired) electrons. The Morgan fingerprint density at radius 2 is 1.75 bits per heavy atom. The van der Waals surface area contributed by atoms with Crippen LogP contribution < -0.4 is 0 Å². The minimum atomic E-state index is -0.0520. The second-order valence-electron chi connectivity index (χ2n) is 2.36. The maximum absolute atomic E-state index is 8.83. The standard InChI is InChI=1S/C9H8OS2/c10-9(12)6-8(11)7-4-2-1-3-5-7/h1-5H,6H2,(H,10,12). The van der Waals surface area contributed by atoms with Gasteiger partial charge in [-0.3, -0.25) is 0 Å². The SMILES string of the molecule is OC(=S)CC(=S)c1ccccc1. The fourth-order valence-electron chi connectivity index (χ4n) is 0.863. The Kier molecular flexibility index (Phi) is 3.31. The van der Waals surface area contributed by atoms with Gasteiger partial charge in [-0.05, 0) is 17.8 Å². The van der Waals surface area contributed by atoms with E-state index in [0.29, 0.717) is 11.3 Å². The van der Waals surface area contributed by atoms with E-state index in [-0.39, 0.29) is 5.05 Å². The first-order valence-corrected chi connectivity index (χ1v) is 4.32. The van der Waals surface area contributed by atoms with Crippen LogP contribution in [0.25, 0.3) is 0 Å². The lowest BCUT2D eigenvalue weighted by Gasteiger charge is -2.00. The molecule has 0 heterocycles. The topological polar surface area (TPSA) is 20.2 Å². The molecule has 0 aliphatic heterocycles. The first-order chi connectivity index (χ1) is 5.70. The molecule has 1 aromatic carbocycles. The molecule has 0 saturated carbocycles. The van der Waals surface area contributed by atoms with Gasteiger partial charge in [-0.1, -0.05) is 42.5 Å². The molecule has 0 amide bonds. The van der Waals surface area contributed by atoms with Gasteiger partial charge < -0.3 is 5.11 Å². The quantitative estimate of drug-likeness (QED) is 0.593. The average Bonchev–Trinajstić information content (AvgIpc) is 2.05. The van der Waals surface area contributed by atoms with Gasteiger partial charge in [0.2, 0.25) is 0 Å². The van der Waals surface area contributed by atoms with Crippen molar-refractivity contribution in [3.8, 4) is 0 Å². The Balaban J connectivity index is 2.73. The average molecular weight is 196 g/mol. The normalized spacial score (nSPS) is 9.33. The lowest BCUT2D eigenvalue weighted by atomic mass is 10.1. The van der Waals surface area contributed by atoms with Gasteiger partial charge in [-0.15, -0.1) is 0 Å². The third-order valence-corrected chi connectivity index (χ3v) is 1.93. The van der Waals surface area contributed by atoms with Gasteiger partial charge in [-0.2, -0.15) is 0 Å². The van der Waals surface area contributed by atoms with E-state index >= 15 is 0 Å². The number of aliphatic hydroxyl groups is 1. The van der Waals surface area contributed by atoms with Gasteiger partial charge in [0.1, 0.15) is 0 Å². The molecule has 0 unspecified atom stereocenters. The number of hydrogen-bond donors (Lipinski definition) is 1. The lowest BCUT2D eigenvalue weighted by Crippen LogP contribution is -2.03. The number of benzene rings is 1. The fourth-order valence-corrected chi connectivity index (χ4v) is 1.37. The molecule has 0 aromatic heterocycles. The summed E-state index contributed by atoms with van der Waals surface area (Å²) in [5.74, 6) is 0. The highest BCUT2D eigenvalue weighted by atomic mass is 32.1. The van der Waals surface area contributed by atoms with Gasteiger partial charge >= 0.3 is 0 Å². The predicted octanol–water partition coefficient (Wildman–Crippen LogP) is 2.68. The minimum absolute atomic E-state index is 0.0520. The van der Waals surface area contributed by atoms with Gasteiger partial charge in [0.05, 0.1) is 6.42 Å². The third kappa shape index (κ3) is 2.68. The minimum Gasteiger partial charge on any atom is -0.502 e. The summed E-state index contributed by atoms with van der Waals surface area (Å²) in [7, 11) is 0. The fraction of sp³-hybridized carbons (Fsp3) is 0.111. The van der Waals surface area contributed by atoms with E-state index < -0.39 is 0 Å². The summed E-state index contributed by atoms with van der Waals surface area (Å²) in [6, 6.07) is 9.54. The molecule has 0 bridgehead atoms. The maximum atomic E-state index is 8.83. The molecule has 1 nitrogen and oxygen atoms in total. The van der Waals surface area contributed by atoms with Crippen LogP contribution in [0.1, 0.15) is 12.0 Å². The van der Waals surface area contributed by atoms with E-state index in [1.54, 1.807) is 0 Å². The molecule has 0 aliphatic rings. The summed E-state index contributed by atoms with van der Waals surface area (Å²) in [4.78, 5) is 0.683. The summed E-state index contributed by atoms with van der Waals surface area (Å²) in [5, 5.41) is 8.78. The zero-order valence-electron chi connectivity index (χ0n) is 6.36. The van der Waals surface area contributed by atoms with Crippen LogP contribution >= 0.6 is 24.4 Å². The highest BCUT2D eigenvalue weighted by molar-refractivity contribution is 7.82. The van der Waals surface area contributed by atoms with Crippen LogP contribution in [-0.4, -0.2) is 15.0 Å². The zero-order chi connectivity index (χ0) is 8.97. The van der Waals surface area contributed by atoms with Crippen molar-refractivity contribution >= 4 is 34.4 Å². The van der Waals surface area contributed by atoms with Gasteiger partial charge in [0.15, 0.2) is 5.05 Å². The van der Waals surface area contributed by atoms with Gasteiger partial charge in [0, 0.05) is 4.86 Å². The van der Waals surface area contributed by atoms with Crippen molar-refractivity contribution in [2.75, 3.05) is 0 Å². The van der Waals surface area contributed by atoms with Crippen LogP contribution in [0.5, 0.6) is 0 Å². The third-order valence-electron chi connectivity index (χ3n) is 1.41. The van der Waals surface area contributed by atoms with Crippen molar-refractivity contribution in [3.05, 3.63) is 35.9 Å². The largest absolute Gasteiger partial charge is 0.502 e. The van der Waals surface area contributed by atoms with E-state index in [2.05, 4.69) is 12.2 Å². The highest BCUT2D eigenvalue weighted by Crippen LogP contribution is 2.04. The zero-order valence-corrected chi connectivity index (χ0v) is 7.99. The monoisotopic (exact) mass is 196 g/mol. The molecule has 0 spiro atoms. The van der Waals surface area contributed by atoms with Crippen molar-refractivity contribution < 1.29 is 5.11 Å². The summed E-state index contributed by atoms with van der Waals surface area (Å²) in [6.07, 6.45) is 0.300. The number of rotatable bonds is 3. The van der Waals surface area contributed by atoms with Crippen LogP contribution in [0.3, 0.4) is 0 Å². The Hall–Kier alpha value is -0.800. The molecule has 0 atom stereocenters. The van der Waals surface area contributed by atoms with E-state index in [1.807, 2.05) is 30.3 Å². The number of hydrogen-bond acceptors (Lipinski definition) is 2. The molecule has 1 rings (SSSR count). The highest BCUT2D eigenvalue weighted by Gasteiger charge is 2.01. The summed E-state index contributed by atoms with van der Waals surface area (Å²) >= 11 is 9.59. The molecule has 1 N–H and O–H groups in total. The smallest absolute Gasteiger partial charge is 0.161 e. The molecular weight excluding hydrogens is 188 g/mol. The van der Waals surface area contributed by atoms with Crippen LogP contribution in [0.2, 0.25) is 0 Å². The molecule has 1 aromatic rings. The van der Waals surface area contributed by atoms with Crippen molar-refractivity contribution in [2.45, 2.75) is 6.42 Å². The number of thiocarbonyl (C=S) groups is 2. The molecular formula is C9H8OS2. The van der Waals surface area contributed by atoms with E-state index in [1.165, 1.54) is 0 Å². The van der Waals surface area contributed by atoms with Crippen LogP contribution in [0, 0.1) is 0 Å². The van der Waals surface area contributed by atoms with Crippen molar-refractivity contribution in [2.24, 2.45) is 0 Å². The first kappa shape index (κ1) is 9.29. The summed E-state index contributed by atoms with van der Waals surface area (Å²) in [6.45, 7) is 0. The second kappa shape index (κ2) is 4.28. The van der Waals surface area contributed by atoms with Crippen molar-refractivity contribution in [1.82, 2.24) is 0 Å². The Morgan fingerprint density at radius 3 is 2.25 bits per heavy atom. The number of aliphatic hydroxyl groups excluding tert-OH is 1. The Morgan fingerprint density at radius 1 is 1.17 bits per heavy atom. The van der Waals surface area contributed by atoms with Crippen molar-refractivity contribution in [1.29, 1.82) is 0 Å². The predicted molar refractivity (Wildman–Crippen MR) is 58.0 cm³/mol. The van der Waals surface area contributed by atoms with Crippen LogP contribution in [0.4, 0.5) is 0 Å². The van der Waals surface area contributed by atoms with Crippen molar-refractivity contribution in [3.63, 3.8) is 0 Å². The molecule has 3 heteroatoms. The van der Waals surface area contributed by atoms with E-state index in [9.17, 15) is 0 Å². The molecule has 0 fully saturated rings. The lowest BCUT2D eigenvalue weighted by molar-refractivity contribution is 0.560.